The highest BCUT2D eigenvalue weighted by Gasteiger charge is 2.10. The normalized spacial score (nSPS) is 10.3. The van der Waals surface area contributed by atoms with Crippen LogP contribution in [-0.4, -0.2) is 20.0 Å². The highest BCUT2D eigenvalue weighted by atomic mass is 127. The molecule has 0 unspecified atom stereocenters. The number of carbonyl (C=O) groups is 1. The topological polar surface area (TPSA) is 32.3 Å². The summed E-state index contributed by atoms with van der Waals surface area (Å²) in [5, 5.41) is 4.83. The Bertz CT molecular complexity index is 607. The number of carbonyl (C=O) groups excluding carboxylic acids is 1. The molecule has 0 aliphatic heterocycles. The maximum Gasteiger partial charge on any atom is 0.256 e. The second-order valence-corrected chi connectivity index (χ2v) is 7.29. The van der Waals surface area contributed by atoms with Crippen LogP contribution in [0.5, 0.6) is 0 Å². The highest BCUT2D eigenvalue weighted by Crippen LogP contribution is 2.23. The van der Waals surface area contributed by atoms with E-state index < -0.39 is 0 Å². The Morgan fingerprint density at radius 2 is 2.05 bits per heavy atom. The molecule has 1 N–H and O–H groups in total. The van der Waals surface area contributed by atoms with Crippen molar-refractivity contribution in [2.24, 2.45) is 0 Å². The second-order valence-electron chi connectivity index (χ2n) is 4.49. The average Bonchev–Trinajstić information content (AvgIpc) is 2.78. The second kappa shape index (κ2) is 5.92. The SMILES string of the molecule is Cc1cc(N(C)C)ccc1NC(=O)c1csc(I)c1. The number of nitrogens with zero attached hydrogens (tertiary/aromatic N) is 1. The molecule has 2 rings (SSSR count). The third kappa shape index (κ3) is 3.48. The molecule has 0 radical (unpaired) electrons. The Labute approximate surface area is 130 Å². The quantitative estimate of drug-likeness (QED) is 0.810. The summed E-state index contributed by atoms with van der Waals surface area (Å²) in [6.07, 6.45) is 0. The lowest BCUT2D eigenvalue weighted by atomic mass is 10.1. The number of aryl methyl sites for hydroxylation is 1. The summed E-state index contributed by atoms with van der Waals surface area (Å²) in [5.41, 5.74) is 3.76. The van der Waals surface area contributed by atoms with Crippen molar-refractivity contribution in [1.82, 2.24) is 0 Å². The molecule has 0 fully saturated rings. The van der Waals surface area contributed by atoms with Gasteiger partial charge in [0.1, 0.15) is 0 Å². The standard InChI is InChI=1S/C14H15IN2OS/c1-9-6-11(17(2)3)4-5-12(9)16-14(18)10-7-13(15)19-8-10/h4-8H,1-3H3,(H,16,18). The van der Waals surface area contributed by atoms with Crippen LogP contribution in [0.2, 0.25) is 0 Å². The lowest BCUT2D eigenvalue weighted by Gasteiger charge is -2.15. The predicted octanol–water partition coefficient (Wildman–Crippen LogP) is 3.98. The van der Waals surface area contributed by atoms with E-state index in [2.05, 4.69) is 34.0 Å². The van der Waals surface area contributed by atoms with Gasteiger partial charge in [0.25, 0.3) is 5.91 Å². The fourth-order valence-electron chi connectivity index (χ4n) is 1.69. The molecular weight excluding hydrogens is 371 g/mol. The van der Waals surface area contributed by atoms with Gasteiger partial charge in [0.05, 0.1) is 8.45 Å². The summed E-state index contributed by atoms with van der Waals surface area (Å²) in [6, 6.07) is 7.90. The number of thiophene rings is 1. The molecule has 0 saturated heterocycles. The van der Waals surface area contributed by atoms with Crippen LogP contribution in [0.15, 0.2) is 29.6 Å². The highest BCUT2D eigenvalue weighted by molar-refractivity contribution is 14.1. The van der Waals surface area contributed by atoms with Crippen LogP contribution in [-0.2, 0) is 0 Å². The van der Waals surface area contributed by atoms with Crippen molar-refractivity contribution in [3.8, 4) is 0 Å². The molecule has 5 heteroatoms. The van der Waals surface area contributed by atoms with Gasteiger partial charge in [0, 0.05) is 30.9 Å². The Morgan fingerprint density at radius 3 is 2.58 bits per heavy atom. The smallest absolute Gasteiger partial charge is 0.256 e. The monoisotopic (exact) mass is 386 g/mol. The van der Waals surface area contributed by atoms with Crippen LogP contribution in [0.4, 0.5) is 11.4 Å². The van der Waals surface area contributed by atoms with Gasteiger partial charge in [-0.2, -0.15) is 0 Å². The zero-order chi connectivity index (χ0) is 14.0. The number of amides is 1. The Kier molecular flexibility index (Phi) is 4.46. The molecule has 0 bridgehead atoms. The first kappa shape index (κ1) is 14.3. The number of anilines is 2. The molecule has 100 valence electrons. The molecule has 0 spiro atoms. The number of nitrogens with one attached hydrogen (secondary N) is 1. The van der Waals surface area contributed by atoms with E-state index in [9.17, 15) is 4.79 Å². The largest absolute Gasteiger partial charge is 0.378 e. The van der Waals surface area contributed by atoms with Gasteiger partial charge in [-0.05, 0) is 59.3 Å². The first-order valence-electron chi connectivity index (χ1n) is 5.81. The fourth-order valence-corrected chi connectivity index (χ4v) is 3.02. The van der Waals surface area contributed by atoms with Crippen molar-refractivity contribution in [2.75, 3.05) is 24.3 Å². The van der Waals surface area contributed by atoms with Crippen LogP contribution < -0.4 is 10.2 Å². The lowest BCUT2D eigenvalue weighted by molar-refractivity contribution is 0.102. The molecule has 0 atom stereocenters. The van der Waals surface area contributed by atoms with E-state index in [1.165, 1.54) is 0 Å². The van der Waals surface area contributed by atoms with Gasteiger partial charge in [0.15, 0.2) is 0 Å². The summed E-state index contributed by atoms with van der Waals surface area (Å²) in [5.74, 6) is -0.0557. The van der Waals surface area contributed by atoms with Gasteiger partial charge >= 0.3 is 0 Å². The average molecular weight is 386 g/mol. The van der Waals surface area contributed by atoms with Crippen LogP contribution in [0.25, 0.3) is 0 Å². The number of hydrogen-bond acceptors (Lipinski definition) is 3. The van der Waals surface area contributed by atoms with Gasteiger partial charge in [0.2, 0.25) is 0 Å². The summed E-state index contributed by atoms with van der Waals surface area (Å²) in [7, 11) is 4.00. The molecule has 0 saturated carbocycles. The van der Waals surface area contributed by atoms with Crippen LogP contribution in [0, 0.1) is 9.81 Å². The van der Waals surface area contributed by atoms with Gasteiger partial charge in [-0.3, -0.25) is 4.79 Å². The van der Waals surface area contributed by atoms with Gasteiger partial charge in [-0.25, -0.2) is 0 Å². The zero-order valence-corrected chi connectivity index (χ0v) is 14.0. The molecule has 0 aliphatic rings. The number of halogens is 1. The summed E-state index contributed by atoms with van der Waals surface area (Å²) < 4.78 is 1.11. The summed E-state index contributed by atoms with van der Waals surface area (Å²) in [4.78, 5) is 14.1. The van der Waals surface area contributed by atoms with E-state index in [-0.39, 0.29) is 5.91 Å². The number of hydrogen-bond donors (Lipinski definition) is 1. The Hall–Kier alpha value is -1.08. The molecule has 1 amide bonds. The van der Waals surface area contributed by atoms with Crippen molar-refractivity contribution in [2.45, 2.75) is 6.92 Å². The van der Waals surface area contributed by atoms with E-state index in [0.29, 0.717) is 5.56 Å². The summed E-state index contributed by atoms with van der Waals surface area (Å²) >= 11 is 3.79. The van der Waals surface area contributed by atoms with E-state index in [1.807, 2.05) is 49.5 Å². The van der Waals surface area contributed by atoms with Crippen molar-refractivity contribution < 1.29 is 4.79 Å². The maximum atomic E-state index is 12.1. The third-order valence-electron chi connectivity index (χ3n) is 2.80. The summed E-state index contributed by atoms with van der Waals surface area (Å²) in [6.45, 7) is 2.00. The van der Waals surface area contributed by atoms with Crippen molar-refractivity contribution in [3.63, 3.8) is 0 Å². The first-order valence-corrected chi connectivity index (χ1v) is 7.76. The fraction of sp³-hybridized carbons (Fsp3) is 0.214. The van der Waals surface area contributed by atoms with E-state index in [4.69, 9.17) is 0 Å². The minimum Gasteiger partial charge on any atom is -0.378 e. The molecule has 3 nitrogen and oxygen atoms in total. The third-order valence-corrected chi connectivity index (χ3v) is 4.59. The molecule has 1 heterocycles. The Morgan fingerprint density at radius 1 is 1.32 bits per heavy atom. The van der Waals surface area contributed by atoms with E-state index >= 15 is 0 Å². The van der Waals surface area contributed by atoms with Gasteiger partial charge in [-0.1, -0.05) is 0 Å². The van der Waals surface area contributed by atoms with E-state index in [0.717, 1.165) is 19.8 Å². The van der Waals surface area contributed by atoms with E-state index in [1.54, 1.807) is 11.3 Å². The molecule has 1 aromatic heterocycles. The predicted molar refractivity (Wildman–Crippen MR) is 90.5 cm³/mol. The van der Waals surface area contributed by atoms with Crippen LogP contribution >= 0.6 is 33.9 Å². The maximum absolute atomic E-state index is 12.1. The number of rotatable bonds is 3. The van der Waals surface area contributed by atoms with Gasteiger partial charge < -0.3 is 10.2 Å². The van der Waals surface area contributed by atoms with Gasteiger partial charge in [-0.15, -0.1) is 11.3 Å². The van der Waals surface area contributed by atoms with Crippen molar-refractivity contribution >= 4 is 51.2 Å². The molecule has 2 aromatic rings. The minimum atomic E-state index is -0.0557. The lowest BCUT2D eigenvalue weighted by Crippen LogP contribution is -2.13. The van der Waals surface area contributed by atoms with Crippen LogP contribution in [0.3, 0.4) is 0 Å². The van der Waals surface area contributed by atoms with Crippen molar-refractivity contribution in [1.29, 1.82) is 0 Å². The minimum absolute atomic E-state index is 0.0557. The molecular formula is C14H15IN2OS. The van der Waals surface area contributed by atoms with Crippen molar-refractivity contribution in [3.05, 3.63) is 43.7 Å². The molecule has 19 heavy (non-hydrogen) atoms. The van der Waals surface area contributed by atoms with Crippen LogP contribution in [0.1, 0.15) is 15.9 Å². The number of benzene rings is 1. The molecule has 1 aromatic carbocycles. The Balaban J connectivity index is 2.17. The zero-order valence-electron chi connectivity index (χ0n) is 11.0. The first-order chi connectivity index (χ1) is 8.97. The molecule has 0 aliphatic carbocycles.